The molecule has 0 fully saturated rings. The molecule has 6 nitrogen and oxygen atoms in total. The number of rotatable bonds is 53. The first-order chi connectivity index (χ1) is 32.1. The zero-order chi connectivity index (χ0) is 48.4. The average Bonchev–Trinajstić information content (AvgIpc) is 3.29. The van der Waals surface area contributed by atoms with Crippen molar-refractivity contribution in [2.75, 3.05) is 13.2 Å². The Kier molecular flexibility index (Phi) is 50.0. The minimum atomic E-state index is -0.764. The first-order valence-electron chi connectivity index (χ1n) is 29.6. The molecule has 0 aromatic carbocycles. The summed E-state index contributed by atoms with van der Waals surface area (Å²) in [5.74, 6) is 1.70. The molecule has 0 heterocycles. The third kappa shape index (κ3) is 51.8. The number of esters is 3. The molecule has 0 aromatic rings. The first kappa shape index (κ1) is 64.4. The second-order valence-corrected chi connectivity index (χ2v) is 21.8. The van der Waals surface area contributed by atoms with Crippen molar-refractivity contribution < 1.29 is 28.6 Å². The van der Waals surface area contributed by atoms with Gasteiger partial charge in [0.2, 0.25) is 0 Å². The van der Waals surface area contributed by atoms with Gasteiger partial charge < -0.3 is 14.2 Å². The van der Waals surface area contributed by atoms with Crippen molar-refractivity contribution in [3.8, 4) is 0 Å². The standard InChI is InChI=1S/C60H116O6/c1-7-56(6)48-42-36-30-26-27-32-38-44-50-59(62)65-53-57(66-60(63)51-45-39-33-25-21-17-13-12-15-19-23-29-35-41-47-55(4)5)52-64-58(61)49-43-37-31-24-20-16-11-9-8-10-14-18-22-28-34-40-46-54(2)3/h54-57H,7-53H2,1-6H3/t56?,57-/m0/s1. The van der Waals surface area contributed by atoms with Crippen molar-refractivity contribution >= 4 is 17.9 Å². The Balaban J connectivity index is 4.27. The van der Waals surface area contributed by atoms with Gasteiger partial charge in [-0.2, -0.15) is 0 Å². The molecule has 1 unspecified atom stereocenters. The number of hydrogen-bond donors (Lipinski definition) is 0. The van der Waals surface area contributed by atoms with Gasteiger partial charge in [-0.05, 0) is 37.0 Å². The van der Waals surface area contributed by atoms with Crippen LogP contribution in [0.1, 0.15) is 330 Å². The van der Waals surface area contributed by atoms with E-state index in [1.165, 1.54) is 212 Å². The maximum absolute atomic E-state index is 12.9. The summed E-state index contributed by atoms with van der Waals surface area (Å²) in [6.07, 6.45) is 53.8. The van der Waals surface area contributed by atoms with E-state index in [9.17, 15) is 14.4 Å². The lowest BCUT2D eigenvalue weighted by Crippen LogP contribution is -2.30. The number of carbonyl (C=O) groups is 3. The van der Waals surface area contributed by atoms with Crippen LogP contribution in [0.3, 0.4) is 0 Å². The van der Waals surface area contributed by atoms with Gasteiger partial charge in [0.15, 0.2) is 6.10 Å². The second kappa shape index (κ2) is 51.3. The summed E-state index contributed by atoms with van der Waals surface area (Å²) in [5, 5.41) is 0. The van der Waals surface area contributed by atoms with Crippen LogP contribution in [0.5, 0.6) is 0 Å². The van der Waals surface area contributed by atoms with Crippen molar-refractivity contribution in [2.24, 2.45) is 17.8 Å². The van der Waals surface area contributed by atoms with Crippen molar-refractivity contribution in [3.63, 3.8) is 0 Å². The summed E-state index contributed by atoms with van der Waals surface area (Å²) in [4.78, 5) is 38.2. The monoisotopic (exact) mass is 933 g/mol. The Labute approximate surface area is 412 Å². The van der Waals surface area contributed by atoms with Crippen molar-refractivity contribution in [1.29, 1.82) is 0 Å². The van der Waals surface area contributed by atoms with Crippen LogP contribution in [0.25, 0.3) is 0 Å². The molecule has 0 aliphatic rings. The maximum atomic E-state index is 12.9. The molecule has 0 aliphatic carbocycles. The highest BCUT2D eigenvalue weighted by Gasteiger charge is 2.19. The van der Waals surface area contributed by atoms with E-state index in [-0.39, 0.29) is 31.1 Å². The van der Waals surface area contributed by atoms with E-state index >= 15 is 0 Å². The summed E-state index contributed by atoms with van der Waals surface area (Å²) in [6.45, 7) is 13.8. The van der Waals surface area contributed by atoms with Crippen molar-refractivity contribution in [2.45, 2.75) is 337 Å². The molecule has 66 heavy (non-hydrogen) atoms. The molecule has 0 spiro atoms. The molecule has 2 atom stereocenters. The molecule has 0 amide bonds. The summed E-state index contributed by atoms with van der Waals surface area (Å²) in [5.41, 5.74) is 0. The van der Waals surface area contributed by atoms with Gasteiger partial charge in [0, 0.05) is 19.3 Å². The van der Waals surface area contributed by atoms with Crippen LogP contribution in [0.2, 0.25) is 0 Å². The van der Waals surface area contributed by atoms with Crippen LogP contribution < -0.4 is 0 Å². The Hall–Kier alpha value is -1.59. The van der Waals surface area contributed by atoms with Crippen molar-refractivity contribution in [1.82, 2.24) is 0 Å². The van der Waals surface area contributed by atoms with E-state index < -0.39 is 6.10 Å². The number of carbonyl (C=O) groups excluding carboxylic acids is 3. The highest BCUT2D eigenvalue weighted by molar-refractivity contribution is 5.71. The third-order valence-electron chi connectivity index (χ3n) is 14.0. The van der Waals surface area contributed by atoms with Crippen molar-refractivity contribution in [3.05, 3.63) is 0 Å². The zero-order valence-electron chi connectivity index (χ0n) is 45.5. The number of hydrogen-bond acceptors (Lipinski definition) is 6. The maximum Gasteiger partial charge on any atom is 0.306 e. The second-order valence-electron chi connectivity index (χ2n) is 21.8. The van der Waals surface area contributed by atoms with Crippen LogP contribution in [0.4, 0.5) is 0 Å². The van der Waals surface area contributed by atoms with Crippen LogP contribution >= 0.6 is 0 Å². The molecule has 0 saturated heterocycles. The van der Waals surface area contributed by atoms with Gasteiger partial charge in [-0.3, -0.25) is 14.4 Å². The van der Waals surface area contributed by atoms with Gasteiger partial charge in [0.25, 0.3) is 0 Å². The highest BCUT2D eigenvalue weighted by atomic mass is 16.6. The van der Waals surface area contributed by atoms with E-state index in [0.717, 1.165) is 75.5 Å². The smallest absolute Gasteiger partial charge is 0.306 e. The summed E-state index contributed by atoms with van der Waals surface area (Å²) in [7, 11) is 0. The fourth-order valence-electron chi connectivity index (χ4n) is 9.14. The first-order valence-corrected chi connectivity index (χ1v) is 29.6. The minimum Gasteiger partial charge on any atom is -0.462 e. The lowest BCUT2D eigenvalue weighted by Gasteiger charge is -2.18. The van der Waals surface area contributed by atoms with Gasteiger partial charge in [-0.1, -0.05) is 292 Å². The van der Waals surface area contributed by atoms with E-state index in [4.69, 9.17) is 14.2 Å². The van der Waals surface area contributed by atoms with Gasteiger partial charge >= 0.3 is 17.9 Å². The third-order valence-corrected chi connectivity index (χ3v) is 14.0. The molecule has 0 aliphatic heterocycles. The lowest BCUT2D eigenvalue weighted by atomic mass is 9.99. The van der Waals surface area contributed by atoms with Crippen LogP contribution in [0, 0.1) is 17.8 Å². The zero-order valence-corrected chi connectivity index (χ0v) is 45.5. The molecule has 0 aromatic heterocycles. The average molecular weight is 934 g/mol. The van der Waals surface area contributed by atoms with E-state index in [0.29, 0.717) is 19.3 Å². The summed E-state index contributed by atoms with van der Waals surface area (Å²) < 4.78 is 16.9. The van der Waals surface area contributed by atoms with Crippen LogP contribution in [-0.4, -0.2) is 37.2 Å². The topological polar surface area (TPSA) is 78.9 Å². The predicted molar refractivity (Wildman–Crippen MR) is 284 cm³/mol. The van der Waals surface area contributed by atoms with E-state index in [2.05, 4.69) is 41.5 Å². The normalized spacial score (nSPS) is 12.5. The van der Waals surface area contributed by atoms with E-state index in [1.807, 2.05) is 0 Å². The molecule has 6 heteroatoms. The predicted octanol–water partition coefficient (Wildman–Crippen LogP) is 19.5. The van der Waals surface area contributed by atoms with Crippen LogP contribution in [0.15, 0.2) is 0 Å². The fourth-order valence-corrected chi connectivity index (χ4v) is 9.14. The molecular weight excluding hydrogens is 817 g/mol. The number of ether oxygens (including phenoxy) is 3. The quantitative estimate of drug-likeness (QED) is 0.0343. The molecule has 0 N–H and O–H groups in total. The van der Waals surface area contributed by atoms with Crippen LogP contribution in [-0.2, 0) is 28.6 Å². The molecule has 392 valence electrons. The lowest BCUT2D eigenvalue weighted by molar-refractivity contribution is -0.167. The largest absolute Gasteiger partial charge is 0.462 e. The van der Waals surface area contributed by atoms with Gasteiger partial charge in [0.05, 0.1) is 0 Å². The van der Waals surface area contributed by atoms with Gasteiger partial charge in [0.1, 0.15) is 13.2 Å². The number of unbranched alkanes of at least 4 members (excludes halogenated alkanes) is 35. The highest BCUT2D eigenvalue weighted by Crippen LogP contribution is 2.19. The Bertz CT molecular complexity index is 1020. The molecule has 0 saturated carbocycles. The Morgan fingerprint density at radius 1 is 0.303 bits per heavy atom. The fraction of sp³-hybridized carbons (Fsp3) is 0.950. The molecular formula is C60H116O6. The summed E-state index contributed by atoms with van der Waals surface area (Å²) in [6, 6.07) is 0. The van der Waals surface area contributed by atoms with Gasteiger partial charge in [-0.25, -0.2) is 0 Å². The summed E-state index contributed by atoms with van der Waals surface area (Å²) >= 11 is 0. The Morgan fingerprint density at radius 2 is 0.530 bits per heavy atom. The molecule has 0 bridgehead atoms. The van der Waals surface area contributed by atoms with E-state index in [1.54, 1.807) is 0 Å². The molecule has 0 radical (unpaired) electrons. The van der Waals surface area contributed by atoms with Gasteiger partial charge in [-0.15, -0.1) is 0 Å². The Morgan fingerprint density at radius 3 is 0.788 bits per heavy atom. The minimum absolute atomic E-state index is 0.0635. The SMILES string of the molecule is CCC(C)CCCCCCCCCCC(=O)OC[C@H](COC(=O)CCCCCCCCCCCCCCCCCCC(C)C)OC(=O)CCCCCCCCCCCCCCCCC(C)C. The molecule has 0 rings (SSSR count).